The zero-order valence-corrected chi connectivity index (χ0v) is 15.7. The Hall–Kier alpha value is -2.02. The van der Waals surface area contributed by atoms with Crippen molar-refractivity contribution in [2.24, 2.45) is 0 Å². The van der Waals surface area contributed by atoms with E-state index in [4.69, 9.17) is 4.98 Å². The fourth-order valence-electron chi connectivity index (χ4n) is 3.68. The number of thiophene rings is 1. The summed E-state index contributed by atoms with van der Waals surface area (Å²) < 4.78 is 0. The highest BCUT2D eigenvalue weighted by molar-refractivity contribution is 7.18. The van der Waals surface area contributed by atoms with Crippen molar-refractivity contribution in [3.05, 3.63) is 62.5 Å². The predicted octanol–water partition coefficient (Wildman–Crippen LogP) is 3.03. The SMILES string of the molecule is CN(Cc1nc2sc3c(c2c(=O)[nH]1)CCCC3)CC(O)c1ccccc1. The number of H-pyrrole nitrogens is 1. The first-order valence-corrected chi connectivity index (χ1v) is 9.88. The van der Waals surface area contributed by atoms with Crippen LogP contribution in [-0.4, -0.2) is 33.6 Å². The highest BCUT2D eigenvalue weighted by Gasteiger charge is 2.20. The lowest BCUT2D eigenvalue weighted by molar-refractivity contribution is 0.122. The molecule has 0 saturated carbocycles. The van der Waals surface area contributed by atoms with Crippen LogP contribution in [0.15, 0.2) is 35.1 Å². The van der Waals surface area contributed by atoms with E-state index in [-0.39, 0.29) is 5.56 Å². The summed E-state index contributed by atoms with van der Waals surface area (Å²) in [7, 11) is 1.93. The van der Waals surface area contributed by atoms with E-state index in [0.717, 1.165) is 35.0 Å². The maximum Gasteiger partial charge on any atom is 0.259 e. The molecule has 26 heavy (non-hydrogen) atoms. The van der Waals surface area contributed by atoms with Crippen LogP contribution in [0.5, 0.6) is 0 Å². The second-order valence-corrected chi connectivity index (χ2v) is 8.11. The molecule has 6 heteroatoms. The molecule has 2 aromatic heterocycles. The number of nitrogens with one attached hydrogen (secondary N) is 1. The quantitative estimate of drug-likeness (QED) is 0.725. The van der Waals surface area contributed by atoms with Crippen LogP contribution in [0.1, 0.15) is 40.8 Å². The molecule has 2 heterocycles. The number of rotatable bonds is 5. The third kappa shape index (κ3) is 3.45. The van der Waals surface area contributed by atoms with E-state index in [0.29, 0.717) is 18.9 Å². The first-order valence-electron chi connectivity index (χ1n) is 9.07. The Bertz CT molecular complexity index is 964. The van der Waals surface area contributed by atoms with Crippen molar-refractivity contribution < 1.29 is 5.11 Å². The van der Waals surface area contributed by atoms with Crippen molar-refractivity contribution in [2.45, 2.75) is 38.3 Å². The van der Waals surface area contributed by atoms with E-state index >= 15 is 0 Å². The van der Waals surface area contributed by atoms with Gasteiger partial charge in [0.1, 0.15) is 10.7 Å². The molecule has 1 aliphatic rings. The van der Waals surface area contributed by atoms with Crippen molar-refractivity contribution in [1.82, 2.24) is 14.9 Å². The largest absolute Gasteiger partial charge is 0.387 e. The molecule has 0 spiro atoms. The van der Waals surface area contributed by atoms with Gasteiger partial charge in [-0.15, -0.1) is 11.3 Å². The lowest BCUT2D eigenvalue weighted by Crippen LogP contribution is -2.26. The molecule has 4 rings (SSSR count). The molecule has 1 aliphatic carbocycles. The number of aliphatic hydroxyl groups excluding tert-OH is 1. The molecule has 0 aliphatic heterocycles. The summed E-state index contributed by atoms with van der Waals surface area (Å²) in [6, 6.07) is 9.61. The Morgan fingerprint density at radius 3 is 2.85 bits per heavy atom. The number of nitrogens with zero attached hydrogens (tertiary/aromatic N) is 2. The molecule has 5 nitrogen and oxygen atoms in total. The van der Waals surface area contributed by atoms with Crippen LogP contribution >= 0.6 is 11.3 Å². The summed E-state index contributed by atoms with van der Waals surface area (Å²) in [6.45, 7) is 0.977. The number of likely N-dealkylation sites (N-methyl/N-ethyl adjacent to an activating group) is 1. The van der Waals surface area contributed by atoms with Crippen LogP contribution in [0, 0.1) is 0 Å². The van der Waals surface area contributed by atoms with Crippen LogP contribution in [0.3, 0.4) is 0 Å². The summed E-state index contributed by atoms with van der Waals surface area (Å²) in [4.78, 5) is 24.4. The maximum atomic E-state index is 12.6. The first-order chi connectivity index (χ1) is 12.6. The van der Waals surface area contributed by atoms with Crippen LogP contribution in [0.25, 0.3) is 10.2 Å². The van der Waals surface area contributed by atoms with Crippen molar-refractivity contribution in [2.75, 3.05) is 13.6 Å². The van der Waals surface area contributed by atoms with Crippen LogP contribution in [0.4, 0.5) is 0 Å². The highest BCUT2D eigenvalue weighted by atomic mass is 32.1. The Labute approximate surface area is 156 Å². The zero-order valence-electron chi connectivity index (χ0n) is 14.9. The molecule has 0 bridgehead atoms. The van der Waals surface area contributed by atoms with Gasteiger partial charge >= 0.3 is 0 Å². The molecule has 1 atom stereocenters. The topological polar surface area (TPSA) is 69.2 Å². The van der Waals surface area contributed by atoms with E-state index in [1.807, 2.05) is 42.3 Å². The predicted molar refractivity (Wildman–Crippen MR) is 105 cm³/mol. The standard InChI is InChI=1S/C20H23N3O2S/c1-23(11-15(24)13-7-3-2-4-8-13)12-17-21-19(25)18-14-9-5-6-10-16(14)26-20(18)22-17/h2-4,7-8,15,24H,5-6,9-12H2,1H3,(H,21,22,25). The number of benzene rings is 1. The number of hydrogen-bond acceptors (Lipinski definition) is 5. The molecule has 3 aromatic rings. The van der Waals surface area contributed by atoms with Crippen molar-refractivity contribution in [3.8, 4) is 0 Å². The highest BCUT2D eigenvalue weighted by Crippen LogP contribution is 2.33. The summed E-state index contributed by atoms with van der Waals surface area (Å²) in [5.74, 6) is 0.656. The monoisotopic (exact) mass is 369 g/mol. The Kier molecular flexibility index (Phi) is 4.89. The van der Waals surface area contributed by atoms with Crippen LogP contribution in [-0.2, 0) is 19.4 Å². The molecule has 136 valence electrons. The van der Waals surface area contributed by atoms with E-state index in [1.54, 1.807) is 11.3 Å². The van der Waals surface area contributed by atoms with Crippen molar-refractivity contribution in [3.63, 3.8) is 0 Å². The molecular formula is C20H23N3O2S. The second kappa shape index (κ2) is 7.31. The molecule has 1 unspecified atom stereocenters. The second-order valence-electron chi connectivity index (χ2n) is 7.03. The Balaban J connectivity index is 1.53. The van der Waals surface area contributed by atoms with Gasteiger partial charge < -0.3 is 10.1 Å². The van der Waals surface area contributed by atoms with Crippen LogP contribution < -0.4 is 5.56 Å². The number of aromatic amines is 1. The number of aliphatic hydroxyl groups is 1. The van der Waals surface area contributed by atoms with E-state index < -0.39 is 6.10 Å². The van der Waals surface area contributed by atoms with Gasteiger partial charge in [-0.25, -0.2) is 4.98 Å². The van der Waals surface area contributed by atoms with E-state index in [9.17, 15) is 9.90 Å². The van der Waals surface area contributed by atoms with Gasteiger partial charge in [-0.1, -0.05) is 30.3 Å². The smallest absolute Gasteiger partial charge is 0.259 e. The summed E-state index contributed by atoms with van der Waals surface area (Å²) in [5, 5.41) is 11.2. The Morgan fingerprint density at radius 2 is 2.04 bits per heavy atom. The average Bonchev–Trinajstić information content (AvgIpc) is 3.01. The summed E-state index contributed by atoms with van der Waals surface area (Å²) in [6.07, 6.45) is 3.84. The third-order valence-electron chi connectivity index (χ3n) is 4.96. The normalized spacial score (nSPS) is 15.3. The summed E-state index contributed by atoms with van der Waals surface area (Å²) in [5.41, 5.74) is 2.08. The first kappa shape index (κ1) is 17.4. The van der Waals surface area contributed by atoms with Gasteiger partial charge in [-0.2, -0.15) is 0 Å². The lowest BCUT2D eigenvalue weighted by atomic mass is 9.97. The Morgan fingerprint density at radius 1 is 1.27 bits per heavy atom. The van der Waals surface area contributed by atoms with Gasteiger partial charge in [0.05, 0.1) is 18.0 Å². The lowest BCUT2D eigenvalue weighted by Gasteiger charge is -2.20. The van der Waals surface area contributed by atoms with E-state index in [1.165, 1.54) is 16.9 Å². The van der Waals surface area contributed by atoms with Gasteiger partial charge in [0.2, 0.25) is 0 Å². The van der Waals surface area contributed by atoms with Gasteiger partial charge in [0.25, 0.3) is 5.56 Å². The minimum Gasteiger partial charge on any atom is -0.387 e. The average molecular weight is 369 g/mol. The zero-order chi connectivity index (χ0) is 18.1. The van der Waals surface area contributed by atoms with Gasteiger partial charge in [0, 0.05) is 11.4 Å². The minimum atomic E-state index is -0.564. The summed E-state index contributed by atoms with van der Waals surface area (Å²) >= 11 is 1.67. The molecule has 0 amide bonds. The van der Waals surface area contributed by atoms with Gasteiger partial charge in [-0.05, 0) is 43.9 Å². The maximum absolute atomic E-state index is 12.6. The third-order valence-corrected chi connectivity index (χ3v) is 6.15. The molecule has 0 fully saturated rings. The molecular weight excluding hydrogens is 346 g/mol. The van der Waals surface area contributed by atoms with Gasteiger partial charge in [-0.3, -0.25) is 9.69 Å². The molecule has 0 radical (unpaired) electrons. The van der Waals surface area contributed by atoms with E-state index in [2.05, 4.69) is 4.98 Å². The molecule has 1 aromatic carbocycles. The minimum absolute atomic E-state index is 0.0265. The fraction of sp³-hybridized carbons (Fsp3) is 0.400. The fourth-order valence-corrected chi connectivity index (χ4v) is 4.96. The van der Waals surface area contributed by atoms with Crippen molar-refractivity contribution in [1.29, 1.82) is 0 Å². The van der Waals surface area contributed by atoms with Crippen molar-refractivity contribution >= 4 is 21.6 Å². The number of hydrogen-bond donors (Lipinski definition) is 2. The van der Waals surface area contributed by atoms with Crippen LogP contribution in [0.2, 0.25) is 0 Å². The van der Waals surface area contributed by atoms with Gasteiger partial charge in [0.15, 0.2) is 0 Å². The number of aromatic nitrogens is 2. The number of fused-ring (bicyclic) bond motifs is 3. The molecule has 0 saturated heterocycles. The number of aryl methyl sites for hydroxylation is 2. The molecule has 2 N–H and O–H groups in total.